The molecule has 2 heterocycles. The summed E-state index contributed by atoms with van der Waals surface area (Å²) >= 11 is 1.76. The summed E-state index contributed by atoms with van der Waals surface area (Å²) in [5.74, 6) is 1.08. The summed E-state index contributed by atoms with van der Waals surface area (Å²) in [5.41, 5.74) is 2.23. The lowest BCUT2D eigenvalue weighted by atomic mass is 10.1. The van der Waals surface area contributed by atoms with Crippen molar-refractivity contribution in [2.45, 2.75) is 4.90 Å². The molecular formula is C16H19N3S. The molecule has 104 valence electrons. The first kappa shape index (κ1) is 13.5. The summed E-state index contributed by atoms with van der Waals surface area (Å²) in [7, 11) is 0. The number of hydrogen-bond acceptors (Lipinski definition) is 4. The van der Waals surface area contributed by atoms with Crippen LogP contribution in [0.5, 0.6) is 0 Å². The fourth-order valence-corrected chi connectivity index (χ4v) is 2.82. The first-order chi connectivity index (χ1) is 9.86. The van der Waals surface area contributed by atoms with Gasteiger partial charge in [0.1, 0.15) is 5.82 Å². The Labute approximate surface area is 124 Å². The summed E-state index contributed by atoms with van der Waals surface area (Å²) in [6, 6.07) is 14.9. The SMILES string of the molecule is CSc1ccc(-c2cccc(N3CCNCC3)n2)cc1. The van der Waals surface area contributed by atoms with Gasteiger partial charge in [0, 0.05) is 36.6 Å². The van der Waals surface area contributed by atoms with Crippen LogP contribution >= 0.6 is 11.8 Å². The highest BCUT2D eigenvalue weighted by Crippen LogP contribution is 2.23. The molecule has 1 aliphatic heterocycles. The van der Waals surface area contributed by atoms with Gasteiger partial charge in [0.25, 0.3) is 0 Å². The van der Waals surface area contributed by atoms with E-state index in [1.807, 2.05) is 0 Å². The molecule has 2 aromatic rings. The zero-order chi connectivity index (χ0) is 13.8. The predicted molar refractivity (Wildman–Crippen MR) is 86.5 cm³/mol. The van der Waals surface area contributed by atoms with Crippen LogP contribution in [-0.4, -0.2) is 37.4 Å². The Hall–Kier alpha value is -1.52. The molecule has 0 aliphatic carbocycles. The quantitative estimate of drug-likeness (QED) is 0.878. The number of pyridine rings is 1. The lowest BCUT2D eigenvalue weighted by Crippen LogP contribution is -2.43. The molecule has 0 radical (unpaired) electrons. The third kappa shape index (κ3) is 2.97. The van der Waals surface area contributed by atoms with Crippen LogP contribution in [0.4, 0.5) is 5.82 Å². The van der Waals surface area contributed by atoms with Gasteiger partial charge in [-0.05, 0) is 30.5 Å². The fourth-order valence-electron chi connectivity index (χ4n) is 2.42. The van der Waals surface area contributed by atoms with Crippen molar-refractivity contribution >= 4 is 17.6 Å². The van der Waals surface area contributed by atoms with E-state index in [9.17, 15) is 0 Å². The molecule has 0 atom stereocenters. The van der Waals surface area contributed by atoms with E-state index in [0.717, 1.165) is 37.7 Å². The van der Waals surface area contributed by atoms with Gasteiger partial charge in [-0.3, -0.25) is 0 Å². The molecular weight excluding hydrogens is 266 g/mol. The Morgan fingerprint density at radius 2 is 1.80 bits per heavy atom. The molecule has 0 spiro atoms. The normalized spacial score (nSPS) is 15.3. The summed E-state index contributed by atoms with van der Waals surface area (Å²) in [6.45, 7) is 4.13. The van der Waals surface area contributed by atoms with Crippen LogP contribution < -0.4 is 10.2 Å². The number of benzene rings is 1. The van der Waals surface area contributed by atoms with E-state index >= 15 is 0 Å². The van der Waals surface area contributed by atoms with Crippen molar-refractivity contribution in [1.29, 1.82) is 0 Å². The van der Waals surface area contributed by atoms with Gasteiger partial charge in [0.15, 0.2) is 0 Å². The van der Waals surface area contributed by atoms with E-state index in [0.29, 0.717) is 0 Å². The van der Waals surface area contributed by atoms with Crippen molar-refractivity contribution in [3.8, 4) is 11.3 Å². The van der Waals surface area contributed by atoms with Crippen molar-refractivity contribution in [1.82, 2.24) is 10.3 Å². The second kappa shape index (κ2) is 6.29. The van der Waals surface area contributed by atoms with E-state index in [1.165, 1.54) is 10.5 Å². The predicted octanol–water partition coefficient (Wildman–Crippen LogP) is 2.88. The summed E-state index contributed by atoms with van der Waals surface area (Å²) in [6.07, 6.45) is 2.10. The minimum atomic E-state index is 1.03. The van der Waals surface area contributed by atoms with E-state index in [1.54, 1.807) is 11.8 Å². The van der Waals surface area contributed by atoms with Gasteiger partial charge in [-0.2, -0.15) is 0 Å². The number of nitrogens with zero attached hydrogens (tertiary/aromatic N) is 2. The van der Waals surface area contributed by atoms with Crippen molar-refractivity contribution in [3.05, 3.63) is 42.5 Å². The number of nitrogens with one attached hydrogen (secondary N) is 1. The highest BCUT2D eigenvalue weighted by molar-refractivity contribution is 7.98. The fraction of sp³-hybridized carbons (Fsp3) is 0.312. The summed E-state index contributed by atoms with van der Waals surface area (Å²) in [5, 5.41) is 3.37. The van der Waals surface area contributed by atoms with Crippen LogP contribution in [0.3, 0.4) is 0 Å². The maximum absolute atomic E-state index is 4.81. The molecule has 1 fully saturated rings. The Kier molecular flexibility index (Phi) is 4.23. The maximum Gasteiger partial charge on any atom is 0.129 e. The largest absolute Gasteiger partial charge is 0.354 e. The van der Waals surface area contributed by atoms with Gasteiger partial charge in [-0.25, -0.2) is 4.98 Å². The number of hydrogen-bond donors (Lipinski definition) is 1. The number of thioether (sulfide) groups is 1. The standard InChI is InChI=1S/C16H19N3S/c1-20-14-7-5-13(6-8-14)15-3-2-4-16(18-15)19-11-9-17-10-12-19/h2-8,17H,9-12H2,1H3. The molecule has 0 saturated carbocycles. The maximum atomic E-state index is 4.81. The van der Waals surface area contributed by atoms with Crippen molar-refractivity contribution in [3.63, 3.8) is 0 Å². The highest BCUT2D eigenvalue weighted by Gasteiger charge is 2.12. The van der Waals surface area contributed by atoms with Gasteiger partial charge in [0.05, 0.1) is 5.69 Å². The molecule has 1 N–H and O–H groups in total. The Morgan fingerprint density at radius 1 is 1.05 bits per heavy atom. The van der Waals surface area contributed by atoms with Gasteiger partial charge >= 0.3 is 0 Å². The molecule has 0 bridgehead atoms. The van der Waals surface area contributed by atoms with Crippen LogP contribution in [0.15, 0.2) is 47.4 Å². The minimum absolute atomic E-state index is 1.03. The topological polar surface area (TPSA) is 28.2 Å². The van der Waals surface area contributed by atoms with E-state index in [-0.39, 0.29) is 0 Å². The Bertz CT molecular complexity index is 562. The molecule has 20 heavy (non-hydrogen) atoms. The molecule has 0 unspecified atom stereocenters. The lowest BCUT2D eigenvalue weighted by Gasteiger charge is -2.28. The molecule has 3 rings (SSSR count). The molecule has 4 heteroatoms. The van der Waals surface area contributed by atoms with Crippen LogP contribution in [0.1, 0.15) is 0 Å². The molecule has 1 aliphatic rings. The average molecular weight is 285 g/mol. The average Bonchev–Trinajstić information content (AvgIpc) is 2.56. The third-order valence-electron chi connectivity index (χ3n) is 3.56. The molecule has 0 amide bonds. The van der Waals surface area contributed by atoms with Gasteiger partial charge in [-0.15, -0.1) is 11.8 Å². The number of aromatic nitrogens is 1. The van der Waals surface area contributed by atoms with Crippen molar-refractivity contribution < 1.29 is 0 Å². The number of anilines is 1. The zero-order valence-electron chi connectivity index (χ0n) is 11.7. The smallest absolute Gasteiger partial charge is 0.129 e. The first-order valence-electron chi connectivity index (χ1n) is 6.94. The zero-order valence-corrected chi connectivity index (χ0v) is 12.5. The lowest BCUT2D eigenvalue weighted by molar-refractivity contribution is 0.585. The van der Waals surface area contributed by atoms with Crippen LogP contribution in [0.2, 0.25) is 0 Å². The second-order valence-corrected chi connectivity index (χ2v) is 5.73. The van der Waals surface area contributed by atoms with E-state index < -0.39 is 0 Å². The minimum Gasteiger partial charge on any atom is -0.354 e. The number of piperazine rings is 1. The molecule has 1 saturated heterocycles. The first-order valence-corrected chi connectivity index (χ1v) is 8.16. The Morgan fingerprint density at radius 3 is 2.50 bits per heavy atom. The third-order valence-corrected chi connectivity index (χ3v) is 4.30. The second-order valence-electron chi connectivity index (χ2n) is 4.85. The van der Waals surface area contributed by atoms with E-state index in [2.05, 4.69) is 58.9 Å². The van der Waals surface area contributed by atoms with Crippen molar-refractivity contribution in [2.24, 2.45) is 0 Å². The monoisotopic (exact) mass is 285 g/mol. The Balaban J connectivity index is 1.85. The molecule has 3 nitrogen and oxygen atoms in total. The van der Waals surface area contributed by atoms with Gasteiger partial charge in [-0.1, -0.05) is 18.2 Å². The highest BCUT2D eigenvalue weighted by atomic mass is 32.2. The number of rotatable bonds is 3. The van der Waals surface area contributed by atoms with Crippen LogP contribution in [-0.2, 0) is 0 Å². The van der Waals surface area contributed by atoms with Gasteiger partial charge < -0.3 is 10.2 Å². The van der Waals surface area contributed by atoms with Crippen molar-refractivity contribution in [2.75, 3.05) is 37.3 Å². The van der Waals surface area contributed by atoms with Gasteiger partial charge in [0.2, 0.25) is 0 Å². The summed E-state index contributed by atoms with van der Waals surface area (Å²) < 4.78 is 0. The molecule has 1 aromatic carbocycles. The molecule has 1 aromatic heterocycles. The van der Waals surface area contributed by atoms with Crippen LogP contribution in [0, 0.1) is 0 Å². The van der Waals surface area contributed by atoms with Crippen LogP contribution in [0.25, 0.3) is 11.3 Å². The summed E-state index contributed by atoms with van der Waals surface area (Å²) in [4.78, 5) is 8.44. The van der Waals surface area contributed by atoms with E-state index in [4.69, 9.17) is 4.98 Å².